The van der Waals surface area contributed by atoms with E-state index in [1.54, 1.807) is 42.5 Å². The summed E-state index contributed by atoms with van der Waals surface area (Å²) in [6.07, 6.45) is 2.11. The molecule has 0 aliphatic heterocycles. The average Bonchev–Trinajstić information content (AvgIpc) is 3.25. The van der Waals surface area contributed by atoms with Gasteiger partial charge in [-0.2, -0.15) is 0 Å². The highest BCUT2D eigenvalue weighted by atomic mass is 35.5. The van der Waals surface area contributed by atoms with E-state index in [1.165, 1.54) is 13.2 Å². The molecular weight excluding hydrogens is 422 g/mol. The molecule has 9 nitrogen and oxygen atoms in total. The Bertz CT molecular complexity index is 1260. The minimum absolute atomic E-state index is 0.0946. The first kappa shape index (κ1) is 20.3. The van der Waals surface area contributed by atoms with Crippen LogP contribution in [0.15, 0.2) is 53.1 Å². The van der Waals surface area contributed by atoms with E-state index in [2.05, 4.69) is 25.8 Å². The Hall–Kier alpha value is -3.98. The normalized spacial score (nSPS) is 10.6. The second kappa shape index (κ2) is 8.80. The zero-order valence-corrected chi connectivity index (χ0v) is 17.0. The predicted molar refractivity (Wildman–Crippen MR) is 114 cm³/mol. The number of carbonyl (C=O) groups excluding carboxylic acids is 2. The maximum absolute atomic E-state index is 11.8. The van der Waals surface area contributed by atoms with E-state index >= 15 is 0 Å². The lowest BCUT2D eigenvalue weighted by Crippen LogP contribution is -2.19. The van der Waals surface area contributed by atoms with E-state index in [0.29, 0.717) is 28.1 Å². The molecule has 0 unspecified atom stereocenters. The number of aldehydes is 1. The Morgan fingerprint density at radius 1 is 1.19 bits per heavy atom. The molecule has 0 bridgehead atoms. The number of amides is 1. The number of ether oxygens (including phenoxy) is 1. The molecule has 0 saturated heterocycles. The Labute approximate surface area is 181 Å². The summed E-state index contributed by atoms with van der Waals surface area (Å²) in [6, 6.07) is 11.9. The first-order valence-electron chi connectivity index (χ1n) is 9.15. The number of fused-ring (bicyclic) bond motifs is 1. The molecule has 0 spiro atoms. The molecule has 3 heterocycles. The zero-order chi connectivity index (χ0) is 21.8. The van der Waals surface area contributed by atoms with Crippen molar-refractivity contribution in [2.45, 2.75) is 6.61 Å². The van der Waals surface area contributed by atoms with E-state index in [0.717, 1.165) is 5.69 Å². The Kier molecular flexibility index (Phi) is 5.76. The van der Waals surface area contributed by atoms with Crippen LogP contribution in [-0.2, 0) is 6.61 Å². The molecular formula is C21H16ClN5O4. The molecule has 10 heteroatoms. The predicted octanol–water partition coefficient (Wildman–Crippen LogP) is 3.77. The molecule has 0 fully saturated rings. The van der Waals surface area contributed by atoms with Crippen LogP contribution in [0.3, 0.4) is 0 Å². The molecule has 4 rings (SSSR count). The molecule has 31 heavy (non-hydrogen) atoms. The number of carbonyl (C=O) groups is 2. The SMILES string of the molecule is CNC(=O)c1cc(COc2nnc(Nc3ccc(Cl)cc3)c3cc(C=O)oc23)ccn1. The number of hydrogen-bond acceptors (Lipinski definition) is 8. The monoisotopic (exact) mass is 437 g/mol. The molecule has 0 saturated carbocycles. The molecule has 0 atom stereocenters. The largest absolute Gasteiger partial charge is 0.469 e. The van der Waals surface area contributed by atoms with Crippen molar-refractivity contribution < 1.29 is 18.7 Å². The quantitative estimate of drug-likeness (QED) is 0.419. The number of anilines is 2. The average molecular weight is 438 g/mol. The summed E-state index contributed by atoms with van der Waals surface area (Å²) >= 11 is 5.92. The van der Waals surface area contributed by atoms with Gasteiger partial charge in [-0.05, 0) is 48.0 Å². The molecule has 0 aliphatic rings. The van der Waals surface area contributed by atoms with Gasteiger partial charge in [-0.3, -0.25) is 14.6 Å². The van der Waals surface area contributed by atoms with Crippen molar-refractivity contribution in [1.29, 1.82) is 0 Å². The number of hydrogen-bond donors (Lipinski definition) is 2. The fraction of sp³-hybridized carbons (Fsp3) is 0.0952. The van der Waals surface area contributed by atoms with Crippen molar-refractivity contribution in [3.63, 3.8) is 0 Å². The number of aromatic nitrogens is 3. The maximum Gasteiger partial charge on any atom is 0.278 e. The fourth-order valence-electron chi connectivity index (χ4n) is 2.82. The van der Waals surface area contributed by atoms with Gasteiger partial charge in [0, 0.05) is 24.0 Å². The van der Waals surface area contributed by atoms with Gasteiger partial charge in [0.05, 0.1) is 5.39 Å². The van der Waals surface area contributed by atoms with E-state index in [4.69, 9.17) is 20.8 Å². The lowest BCUT2D eigenvalue weighted by molar-refractivity contribution is 0.0957. The van der Waals surface area contributed by atoms with Crippen LogP contribution in [0.1, 0.15) is 26.6 Å². The Morgan fingerprint density at radius 3 is 2.74 bits per heavy atom. The Morgan fingerprint density at radius 2 is 2.00 bits per heavy atom. The lowest BCUT2D eigenvalue weighted by Gasteiger charge is -2.09. The lowest BCUT2D eigenvalue weighted by atomic mass is 10.2. The summed E-state index contributed by atoms with van der Waals surface area (Å²) < 4.78 is 11.3. The molecule has 1 amide bonds. The summed E-state index contributed by atoms with van der Waals surface area (Å²) in [6.45, 7) is 0.0946. The smallest absolute Gasteiger partial charge is 0.278 e. The van der Waals surface area contributed by atoms with Crippen molar-refractivity contribution in [3.8, 4) is 5.88 Å². The van der Waals surface area contributed by atoms with Gasteiger partial charge in [-0.25, -0.2) is 0 Å². The number of nitrogens with zero attached hydrogens (tertiary/aromatic N) is 3. The highest BCUT2D eigenvalue weighted by molar-refractivity contribution is 6.30. The van der Waals surface area contributed by atoms with Gasteiger partial charge in [0.25, 0.3) is 11.8 Å². The minimum atomic E-state index is -0.302. The van der Waals surface area contributed by atoms with E-state index < -0.39 is 0 Å². The summed E-state index contributed by atoms with van der Waals surface area (Å²) in [5.41, 5.74) is 1.98. The zero-order valence-electron chi connectivity index (χ0n) is 16.3. The topological polar surface area (TPSA) is 119 Å². The maximum atomic E-state index is 11.8. The third kappa shape index (κ3) is 4.46. The number of furan rings is 1. The van der Waals surface area contributed by atoms with Gasteiger partial charge in [0.1, 0.15) is 12.3 Å². The van der Waals surface area contributed by atoms with Crippen LogP contribution < -0.4 is 15.4 Å². The van der Waals surface area contributed by atoms with Crippen molar-refractivity contribution in [3.05, 3.63) is 70.7 Å². The third-order valence-corrected chi connectivity index (χ3v) is 4.58. The molecule has 0 radical (unpaired) electrons. The van der Waals surface area contributed by atoms with Crippen LogP contribution in [0.5, 0.6) is 5.88 Å². The number of benzene rings is 1. The molecule has 1 aromatic carbocycles. The summed E-state index contributed by atoms with van der Waals surface area (Å²) in [5.74, 6) is 0.318. The summed E-state index contributed by atoms with van der Waals surface area (Å²) in [5, 5.41) is 15.0. The first-order chi connectivity index (χ1) is 15.1. The van der Waals surface area contributed by atoms with Gasteiger partial charge >= 0.3 is 0 Å². The number of rotatable bonds is 7. The molecule has 2 N–H and O–H groups in total. The van der Waals surface area contributed by atoms with Crippen LogP contribution in [0.2, 0.25) is 5.02 Å². The van der Waals surface area contributed by atoms with Crippen molar-refractivity contribution in [1.82, 2.24) is 20.5 Å². The van der Waals surface area contributed by atoms with E-state index in [-0.39, 0.29) is 35.4 Å². The van der Waals surface area contributed by atoms with E-state index in [9.17, 15) is 9.59 Å². The third-order valence-electron chi connectivity index (χ3n) is 4.32. The highest BCUT2D eigenvalue weighted by Crippen LogP contribution is 2.32. The number of pyridine rings is 1. The molecule has 0 aliphatic carbocycles. The van der Waals surface area contributed by atoms with Crippen molar-refractivity contribution in [2.24, 2.45) is 0 Å². The molecule has 4 aromatic rings. The van der Waals surface area contributed by atoms with Crippen LogP contribution in [0.4, 0.5) is 11.5 Å². The second-order valence-electron chi connectivity index (χ2n) is 6.41. The highest BCUT2D eigenvalue weighted by Gasteiger charge is 2.17. The summed E-state index contributed by atoms with van der Waals surface area (Å²) in [7, 11) is 1.53. The van der Waals surface area contributed by atoms with E-state index in [1.807, 2.05) is 0 Å². The minimum Gasteiger partial charge on any atom is -0.469 e. The van der Waals surface area contributed by atoms with Gasteiger partial charge in [0.15, 0.2) is 17.9 Å². The van der Waals surface area contributed by atoms with Crippen LogP contribution in [-0.4, -0.2) is 34.4 Å². The second-order valence-corrected chi connectivity index (χ2v) is 6.85. The number of nitrogens with one attached hydrogen (secondary N) is 2. The molecule has 3 aromatic heterocycles. The summed E-state index contributed by atoms with van der Waals surface area (Å²) in [4.78, 5) is 27.0. The van der Waals surface area contributed by atoms with Gasteiger partial charge in [0.2, 0.25) is 5.58 Å². The van der Waals surface area contributed by atoms with Crippen LogP contribution in [0.25, 0.3) is 11.0 Å². The Balaban J connectivity index is 1.61. The molecule has 156 valence electrons. The van der Waals surface area contributed by atoms with Crippen LogP contribution >= 0.6 is 11.6 Å². The first-order valence-corrected chi connectivity index (χ1v) is 9.53. The van der Waals surface area contributed by atoms with Crippen LogP contribution in [0, 0.1) is 0 Å². The van der Waals surface area contributed by atoms with Gasteiger partial charge < -0.3 is 19.8 Å². The van der Waals surface area contributed by atoms with Gasteiger partial charge in [-0.15, -0.1) is 10.2 Å². The van der Waals surface area contributed by atoms with Crippen molar-refractivity contribution >= 4 is 46.3 Å². The standard InChI is InChI=1S/C21H16ClN5O4/c1-23-20(29)17-8-12(6-7-24-17)11-30-21-18-16(9-15(10-28)31-18)19(26-27-21)25-14-4-2-13(22)3-5-14/h2-10H,11H2,1H3,(H,23,29)(H,25,26). The van der Waals surface area contributed by atoms with Gasteiger partial charge in [-0.1, -0.05) is 11.6 Å². The number of halogens is 1. The fourth-order valence-corrected chi connectivity index (χ4v) is 2.95. The van der Waals surface area contributed by atoms with Crippen molar-refractivity contribution in [2.75, 3.05) is 12.4 Å².